The number of ether oxygens (including phenoxy) is 2. The van der Waals surface area contributed by atoms with Gasteiger partial charge in [-0.1, -0.05) is 18.2 Å². The molecule has 1 aliphatic heterocycles. The first-order chi connectivity index (χ1) is 15.6. The molecule has 4 aromatic rings. The van der Waals surface area contributed by atoms with Crippen molar-refractivity contribution in [2.24, 2.45) is 0 Å². The number of hydrogen-bond acceptors (Lipinski definition) is 6. The summed E-state index contributed by atoms with van der Waals surface area (Å²) in [6.07, 6.45) is 1.69. The molecule has 5 rings (SSSR count). The fraction of sp³-hybridized carbons (Fsp3) is 0.208. The van der Waals surface area contributed by atoms with Crippen molar-refractivity contribution in [1.82, 2.24) is 20.2 Å². The normalized spacial score (nSPS) is 12.7. The van der Waals surface area contributed by atoms with E-state index in [1.807, 2.05) is 67.1 Å². The average Bonchev–Trinajstić information content (AvgIpc) is 3.26. The lowest BCUT2D eigenvalue weighted by molar-refractivity contribution is 0.0964. The van der Waals surface area contributed by atoms with Gasteiger partial charge in [0.2, 0.25) is 0 Å². The molecule has 2 aromatic heterocycles. The smallest absolute Gasteiger partial charge is 0.270 e. The van der Waals surface area contributed by atoms with Gasteiger partial charge in [-0.2, -0.15) is 5.10 Å². The molecular weight excluding hydrogens is 406 g/mol. The lowest BCUT2D eigenvalue weighted by Crippen LogP contribution is -2.29. The van der Waals surface area contributed by atoms with Gasteiger partial charge in [0.25, 0.3) is 5.91 Å². The number of nitrogens with zero attached hydrogens (tertiary/aromatic N) is 3. The number of anilines is 1. The third-order valence-corrected chi connectivity index (χ3v) is 5.23. The van der Waals surface area contributed by atoms with Crippen molar-refractivity contribution in [3.05, 3.63) is 66.4 Å². The minimum absolute atomic E-state index is 0.0915. The van der Waals surface area contributed by atoms with Gasteiger partial charge in [0.1, 0.15) is 13.2 Å². The lowest BCUT2D eigenvalue weighted by atomic mass is 10.1. The van der Waals surface area contributed by atoms with Gasteiger partial charge in [-0.15, -0.1) is 0 Å². The Labute approximate surface area is 185 Å². The van der Waals surface area contributed by atoms with Crippen LogP contribution < -0.4 is 20.3 Å². The standard InChI is InChI=1S/C24H23N5O3/c1-15(2)29-23-19(14-25-29)18(24(30)28-27-17-6-4-3-5-7-17)13-20(26-23)16-8-9-21-22(12-16)32-11-10-31-21/h3-9,12-15,27H,10-11H2,1-2H3,(H,28,30). The van der Waals surface area contributed by atoms with Gasteiger partial charge in [0.15, 0.2) is 17.1 Å². The third kappa shape index (κ3) is 3.71. The summed E-state index contributed by atoms with van der Waals surface area (Å²) in [5.74, 6) is 1.10. The number of pyridine rings is 1. The zero-order chi connectivity index (χ0) is 22.1. The van der Waals surface area contributed by atoms with E-state index in [9.17, 15) is 4.79 Å². The topological polar surface area (TPSA) is 90.3 Å². The van der Waals surface area contributed by atoms with Gasteiger partial charge in [-0.3, -0.25) is 15.6 Å². The minimum atomic E-state index is -0.275. The highest BCUT2D eigenvalue weighted by molar-refractivity contribution is 6.06. The van der Waals surface area contributed by atoms with Crippen LogP contribution in [-0.2, 0) is 0 Å². The van der Waals surface area contributed by atoms with Crippen molar-refractivity contribution in [2.75, 3.05) is 18.6 Å². The number of fused-ring (bicyclic) bond motifs is 2. The van der Waals surface area contributed by atoms with Crippen LogP contribution in [0.15, 0.2) is 60.8 Å². The summed E-state index contributed by atoms with van der Waals surface area (Å²) in [5, 5.41) is 5.16. The number of amides is 1. The molecule has 0 fully saturated rings. The zero-order valence-corrected chi connectivity index (χ0v) is 17.8. The second-order valence-electron chi connectivity index (χ2n) is 7.78. The first kappa shape index (κ1) is 19.9. The molecule has 0 aliphatic carbocycles. The van der Waals surface area contributed by atoms with Crippen molar-refractivity contribution in [2.45, 2.75) is 19.9 Å². The monoisotopic (exact) mass is 429 g/mol. The predicted molar refractivity (Wildman–Crippen MR) is 122 cm³/mol. The van der Waals surface area contributed by atoms with Gasteiger partial charge in [-0.25, -0.2) is 9.67 Å². The SMILES string of the molecule is CC(C)n1ncc2c(C(=O)NNc3ccccc3)cc(-c3ccc4c(c3)OCCO4)nc21. The van der Waals surface area contributed by atoms with E-state index < -0.39 is 0 Å². The van der Waals surface area contributed by atoms with E-state index >= 15 is 0 Å². The summed E-state index contributed by atoms with van der Waals surface area (Å²) >= 11 is 0. The van der Waals surface area contributed by atoms with E-state index in [4.69, 9.17) is 14.5 Å². The lowest BCUT2D eigenvalue weighted by Gasteiger charge is -2.19. The molecule has 1 aliphatic rings. The van der Waals surface area contributed by atoms with Gasteiger partial charge >= 0.3 is 0 Å². The Morgan fingerprint density at radius 1 is 1.03 bits per heavy atom. The molecule has 0 radical (unpaired) electrons. The molecule has 3 heterocycles. The molecule has 0 atom stereocenters. The fourth-order valence-corrected chi connectivity index (χ4v) is 3.65. The van der Waals surface area contributed by atoms with Crippen molar-refractivity contribution in [3.8, 4) is 22.8 Å². The van der Waals surface area contributed by atoms with Gasteiger partial charge in [0, 0.05) is 11.6 Å². The predicted octanol–water partition coefficient (Wildman–Crippen LogP) is 4.21. The number of para-hydroxylation sites is 1. The Balaban J connectivity index is 1.56. The summed E-state index contributed by atoms with van der Waals surface area (Å²) in [7, 11) is 0. The van der Waals surface area contributed by atoms with E-state index in [-0.39, 0.29) is 11.9 Å². The Morgan fingerprint density at radius 2 is 1.81 bits per heavy atom. The summed E-state index contributed by atoms with van der Waals surface area (Å²) in [6, 6.07) is 17.0. The fourth-order valence-electron chi connectivity index (χ4n) is 3.65. The number of benzene rings is 2. The number of hydrogen-bond donors (Lipinski definition) is 2. The Kier molecular flexibility index (Phi) is 5.10. The van der Waals surface area contributed by atoms with E-state index in [1.165, 1.54) is 0 Å². The molecule has 0 bridgehead atoms. The van der Waals surface area contributed by atoms with Crippen LogP contribution in [0.5, 0.6) is 11.5 Å². The molecule has 0 saturated heterocycles. The summed E-state index contributed by atoms with van der Waals surface area (Å²) in [6.45, 7) is 5.09. The highest BCUT2D eigenvalue weighted by Crippen LogP contribution is 2.35. The average molecular weight is 429 g/mol. The summed E-state index contributed by atoms with van der Waals surface area (Å²) in [5.41, 5.74) is 9.14. The highest BCUT2D eigenvalue weighted by Gasteiger charge is 2.20. The van der Waals surface area contributed by atoms with Crippen LogP contribution in [0.2, 0.25) is 0 Å². The maximum atomic E-state index is 13.1. The van der Waals surface area contributed by atoms with Crippen LogP contribution in [0.3, 0.4) is 0 Å². The molecule has 1 amide bonds. The Bertz CT molecular complexity index is 1280. The Morgan fingerprint density at radius 3 is 2.59 bits per heavy atom. The minimum Gasteiger partial charge on any atom is -0.486 e. The number of rotatable bonds is 5. The molecule has 2 N–H and O–H groups in total. The van der Waals surface area contributed by atoms with E-state index in [0.29, 0.717) is 47.0 Å². The second-order valence-corrected chi connectivity index (χ2v) is 7.78. The molecule has 0 unspecified atom stereocenters. The first-order valence-corrected chi connectivity index (χ1v) is 10.5. The van der Waals surface area contributed by atoms with Crippen molar-refractivity contribution in [1.29, 1.82) is 0 Å². The number of aromatic nitrogens is 3. The molecule has 0 spiro atoms. The quantitative estimate of drug-likeness (QED) is 0.462. The molecule has 2 aromatic carbocycles. The summed E-state index contributed by atoms with van der Waals surface area (Å²) < 4.78 is 13.2. The van der Waals surface area contributed by atoms with E-state index in [0.717, 1.165) is 11.3 Å². The molecule has 8 heteroatoms. The van der Waals surface area contributed by atoms with Crippen LogP contribution in [0.4, 0.5) is 5.69 Å². The van der Waals surface area contributed by atoms with E-state index in [2.05, 4.69) is 16.0 Å². The molecule has 0 saturated carbocycles. The van der Waals surface area contributed by atoms with Crippen molar-refractivity contribution >= 4 is 22.6 Å². The number of carbonyl (C=O) groups is 1. The maximum absolute atomic E-state index is 13.1. The van der Waals surface area contributed by atoms with E-state index in [1.54, 1.807) is 12.3 Å². The number of hydrazine groups is 1. The van der Waals surface area contributed by atoms with Crippen LogP contribution in [0, 0.1) is 0 Å². The number of nitrogens with one attached hydrogen (secondary N) is 2. The van der Waals surface area contributed by atoms with Gasteiger partial charge < -0.3 is 9.47 Å². The second kappa shape index (κ2) is 8.22. The van der Waals surface area contributed by atoms with Gasteiger partial charge in [-0.05, 0) is 50.2 Å². The molecule has 32 heavy (non-hydrogen) atoms. The van der Waals surface area contributed by atoms with Crippen LogP contribution in [0.1, 0.15) is 30.2 Å². The molecule has 162 valence electrons. The largest absolute Gasteiger partial charge is 0.486 e. The number of carbonyl (C=O) groups excluding carboxylic acids is 1. The van der Waals surface area contributed by atoms with Crippen molar-refractivity contribution in [3.63, 3.8) is 0 Å². The third-order valence-electron chi connectivity index (χ3n) is 5.23. The Hall–Kier alpha value is -4.07. The molecule has 8 nitrogen and oxygen atoms in total. The van der Waals surface area contributed by atoms with Crippen LogP contribution in [-0.4, -0.2) is 33.9 Å². The summed E-state index contributed by atoms with van der Waals surface area (Å²) in [4.78, 5) is 18.0. The van der Waals surface area contributed by atoms with Crippen LogP contribution >= 0.6 is 0 Å². The molecular formula is C24H23N5O3. The first-order valence-electron chi connectivity index (χ1n) is 10.5. The highest BCUT2D eigenvalue weighted by atomic mass is 16.6. The van der Waals surface area contributed by atoms with Gasteiger partial charge in [0.05, 0.1) is 28.5 Å². The maximum Gasteiger partial charge on any atom is 0.270 e. The van der Waals surface area contributed by atoms with Crippen LogP contribution in [0.25, 0.3) is 22.3 Å². The van der Waals surface area contributed by atoms with Crippen molar-refractivity contribution < 1.29 is 14.3 Å². The zero-order valence-electron chi connectivity index (χ0n) is 17.8.